The molecule has 1 heterocycles. The van der Waals surface area contributed by atoms with Gasteiger partial charge in [0, 0.05) is 17.4 Å². The molecule has 4 heteroatoms. The van der Waals surface area contributed by atoms with E-state index in [1.54, 1.807) is 4.90 Å². The summed E-state index contributed by atoms with van der Waals surface area (Å²) in [5, 5.41) is 3.57. The molecule has 1 aliphatic carbocycles. The highest BCUT2D eigenvalue weighted by molar-refractivity contribution is 5.89. The quantitative estimate of drug-likeness (QED) is 0.907. The van der Waals surface area contributed by atoms with Crippen LogP contribution in [0.15, 0.2) is 24.3 Å². The van der Waals surface area contributed by atoms with E-state index in [1.165, 1.54) is 19.3 Å². The van der Waals surface area contributed by atoms with Crippen LogP contribution in [0.1, 0.15) is 26.2 Å². The maximum absolute atomic E-state index is 11.6. The number of nitrogens with zero attached hydrogens (tertiary/aromatic N) is 1. The normalized spacial score (nSPS) is 26.6. The van der Waals surface area contributed by atoms with E-state index in [2.05, 4.69) is 18.3 Å². The van der Waals surface area contributed by atoms with Crippen LogP contribution < -0.4 is 10.2 Å². The van der Waals surface area contributed by atoms with E-state index in [1.807, 2.05) is 18.2 Å². The van der Waals surface area contributed by atoms with E-state index in [-0.39, 0.29) is 6.09 Å². The highest BCUT2D eigenvalue weighted by atomic mass is 16.6. The average Bonchev–Trinajstić information content (AvgIpc) is 2.99. The molecule has 1 aromatic rings. The van der Waals surface area contributed by atoms with Gasteiger partial charge in [-0.3, -0.25) is 4.90 Å². The Morgan fingerprint density at radius 3 is 2.95 bits per heavy atom. The van der Waals surface area contributed by atoms with Crippen LogP contribution in [0.25, 0.3) is 0 Å². The molecule has 4 nitrogen and oxygen atoms in total. The van der Waals surface area contributed by atoms with E-state index >= 15 is 0 Å². The van der Waals surface area contributed by atoms with Crippen molar-refractivity contribution in [3.05, 3.63) is 24.3 Å². The van der Waals surface area contributed by atoms with E-state index in [0.29, 0.717) is 19.2 Å². The standard InChI is InChI=1S/C15H20N2O2/c1-11-5-6-13(9-11)16-12-3-2-4-14(10-12)17-7-8-19-15(17)18/h2-4,10-11,13,16H,5-9H2,1H3. The second kappa shape index (κ2) is 5.11. The number of hydrogen-bond acceptors (Lipinski definition) is 3. The molecule has 2 atom stereocenters. The first-order valence-electron chi connectivity index (χ1n) is 7.03. The zero-order valence-corrected chi connectivity index (χ0v) is 11.3. The van der Waals surface area contributed by atoms with Gasteiger partial charge in [-0.05, 0) is 43.4 Å². The zero-order chi connectivity index (χ0) is 13.2. The first-order chi connectivity index (χ1) is 9.22. The molecular formula is C15H20N2O2. The lowest BCUT2D eigenvalue weighted by Crippen LogP contribution is -2.23. The van der Waals surface area contributed by atoms with Gasteiger partial charge < -0.3 is 10.1 Å². The summed E-state index contributed by atoms with van der Waals surface area (Å²) in [4.78, 5) is 13.2. The van der Waals surface area contributed by atoms with Gasteiger partial charge >= 0.3 is 6.09 Å². The lowest BCUT2D eigenvalue weighted by molar-refractivity contribution is 0.181. The summed E-state index contributed by atoms with van der Waals surface area (Å²) in [7, 11) is 0. The van der Waals surface area contributed by atoms with Crippen molar-refractivity contribution >= 4 is 17.5 Å². The van der Waals surface area contributed by atoms with Gasteiger partial charge in [-0.2, -0.15) is 0 Å². The predicted molar refractivity (Wildman–Crippen MR) is 75.6 cm³/mol. The van der Waals surface area contributed by atoms with Crippen molar-refractivity contribution in [2.24, 2.45) is 5.92 Å². The Labute approximate surface area is 113 Å². The van der Waals surface area contributed by atoms with E-state index in [9.17, 15) is 4.79 Å². The Balaban J connectivity index is 1.71. The Morgan fingerprint density at radius 2 is 2.26 bits per heavy atom. The molecular weight excluding hydrogens is 240 g/mol. The molecule has 2 fully saturated rings. The first-order valence-corrected chi connectivity index (χ1v) is 7.03. The number of rotatable bonds is 3. The summed E-state index contributed by atoms with van der Waals surface area (Å²) < 4.78 is 4.97. The van der Waals surface area contributed by atoms with Crippen LogP contribution in [0.3, 0.4) is 0 Å². The summed E-state index contributed by atoms with van der Waals surface area (Å²) in [6, 6.07) is 8.61. The monoisotopic (exact) mass is 260 g/mol. The van der Waals surface area contributed by atoms with Crippen LogP contribution in [0, 0.1) is 5.92 Å². The summed E-state index contributed by atoms with van der Waals surface area (Å²) in [6.45, 7) is 3.43. The molecule has 1 aromatic carbocycles. The molecule has 0 bridgehead atoms. The SMILES string of the molecule is CC1CCC(Nc2cccc(N3CCOC3=O)c2)C1. The number of cyclic esters (lactones) is 1. The zero-order valence-electron chi connectivity index (χ0n) is 11.3. The van der Waals surface area contributed by atoms with Crippen LogP contribution in [-0.4, -0.2) is 25.3 Å². The molecule has 19 heavy (non-hydrogen) atoms. The fourth-order valence-electron chi connectivity index (χ4n) is 2.97. The van der Waals surface area contributed by atoms with Crippen molar-refractivity contribution in [1.29, 1.82) is 0 Å². The van der Waals surface area contributed by atoms with Crippen LogP contribution in [0.4, 0.5) is 16.2 Å². The van der Waals surface area contributed by atoms with Gasteiger partial charge in [0.25, 0.3) is 0 Å². The van der Waals surface area contributed by atoms with Crippen LogP contribution in [0.2, 0.25) is 0 Å². The van der Waals surface area contributed by atoms with Gasteiger partial charge in [0.2, 0.25) is 0 Å². The maximum Gasteiger partial charge on any atom is 0.414 e. The number of ether oxygens (including phenoxy) is 1. The van der Waals surface area contributed by atoms with Gasteiger partial charge in [0.05, 0.1) is 6.54 Å². The van der Waals surface area contributed by atoms with E-state index in [0.717, 1.165) is 17.3 Å². The molecule has 1 saturated carbocycles. The number of amides is 1. The van der Waals surface area contributed by atoms with Crippen LogP contribution in [-0.2, 0) is 4.74 Å². The van der Waals surface area contributed by atoms with Gasteiger partial charge in [0.1, 0.15) is 6.61 Å². The molecule has 2 unspecified atom stereocenters. The molecule has 1 amide bonds. The lowest BCUT2D eigenvalue weighted by Gasteiger charge is -2.17. The summed E-state index contributed by atoms with van der Waals surface area (Å²) in [6.07, 6.45) is 3.52. The minimum atomic E-state index is -0.244. The van der Waals surface area contributed by atoms with Gasteiger partial charge in [0.15, 0.2) is 0 Å². The van der Waals surface area contributed by atoms with Crippen molar-refractivity contribution in [3.8, 4) is 0 Å². The van der Waals surface area contributed by atoms with Crippen LogP contribution >= 0.6 is 0 Å². The van der Waals surface area contributed by atoms with Crippen molar-refractivity contribution < 1.29 is 9.53 Å². The third-order valence-corrected chi connectivity index (χ3v) is 3.98. The molecule has 1 N–H and O–H groups in total. The lowest BCUT2D eigenvalue weighted by atomic mass is 10.1. The molecule has 0 radical (unpaired) electrons. The fourth-order valence-corrected chi connectivity index (χ4v) is 2.97. The Hall–Kier alpha value is -1.71. The number of carbonyl (C=O) groups is 1. The number of hydrogen-bond donors (Lipinski definition) is 1. The summed E-state index contributed by atoms with van der Waals surface area (Å²) in [5.41, 5.74) is 2.01. The minimum absolute atomic E-state index is 0.244. The molecule has 0 spiro atoms. The van der Waals surface area contributed by atoms with Crippen molar-refractivity contribution in [2.75, 3.05) is 23.4 Å². The average molecular weight is 260 g/mol. The Morgan fingerprint density at radius 1 is 1.37 bits per heavy atom. The fraction of sp³-hybridized carbons (Fsp3) is 0.533. The highest BCUT2D eigenvalue weighted by Gasteiger charge is 2.24. The molecule has 2 aliphatic rings. The number of anilines is 2. The Kier molecular flexibility index (Phi) is 3.32. The van der Waals surface area contributed by atoms with Crippen LogP contribution in [0.5, 0.6) is 0 Å². The summed E-state index contributed by atoms with van der Waals surface area (Å²) >= 11 is 0. The third-order valence-electron chi connectivity index (χ3n) is 3.98. The smallest absolute Gasteiger partial charge is 0.414 e. The summed E-state index contributed by atoms with van der Waals surface area (Å²) in [5.74, 6) is 0.814. The van der Waals surface area contributed by atoms with Gasteiger partial charge in [-0.1, -0.05) is 13.0 Å². The minimum Gasteiger partial charge on any atom is -0.447 e. The number of benzene rings is 1. The predicted octanol–water partition coefficient (Wildman–Crippen LogP) is 3.24. The first kappa shape index (κ1) is 12.3. The van der Waals surface area contributed by atoms with Gasteiger partial charge in [-0.15, -0.1) is 0 Å². The van der Waals surface area contributed by atoms with Crippen molar-refractivity contribution in [3.63, 3.8) is 0 Å². The second-order valence-corrected chi connectivity index (χ2v) is 5.58. The molecule has 102 valence electrons. The molecule has 1 saturated heterocycles. The topological polar surface area (TPSA) is 41.6 Å². The van der Waals surface area contributed by atoms with Gasteiger partial charge in [-0.25, -0.2) is 4.79 Å². The van der Waals surface area contributed by atoms with Crippen molar-refractivity contribution in [1.82, 2.24) is 0 Å². The maximum atomic E-state index is 11.6. The number of carbonyl (C=O) groups excluding carboxylic acids is 1. The number of nitrogens with one attached hydrogen (secondary N) is 1. The molecule has 1 aliphatic heterocycles. The highest BCUT2D eigenvalue weighted by Crippen LogP contribution is 2.29. The third kappa shape index (κ3) is 2.67. The second-order valence-electron chi connectivity index (χ2n) is 5.58. The Bertz CT molecular complexity index is 475. The van der Waals surface area contributed by atoms with E-state index < -0.39 is 0 Å². The molecule has 0 aromatic heterocycles. The van der Waals surface area contributed by atoms with Crippen molar-refractivity contribution in [2.45, 2.75) is 32.2 Å². The molecule has 3 rings (SSSR count). The van der Waals surface area contributed by atoms with E-state index in [4.69, 9.17) is 4.74 Å². The largest absolute Gasteiger partial charge is 0.447 e.